The highest BCUT2D eigenvalue weighted by Gasteiger charge is 2.45. The van der Waals surface area contributed by atoms with Crippen LogP contribution in [-0.4, -0.2) is 56.4 Å². The van der Waals surface area contributed by atoms with Gasteiger partial charge in [0, 0.05) is 25.3 Å². The maximum Gasteiger partial charge on any atom is 0.309 e. The van der Waals surface area contributed by atoms with Crippen molar-refractivity contribution in [2.45, 2.75) is 90.9 Å². The Morgan fingerprint density at radius 3 is 2.41 bits per heavy atom. The highest BCUT2D eigenvalue weighted by atomic mass is 19.1. The van der Waals surface area contributed by atoms with Crippen LogP contribution in [0.4, 0.5) is 8.78 Å². The molecule has 0 saturated heterocycles. The van der Waals surface area contributed by atoms with Gasteiger partial charge in [-0.2, -0.15) is 0 Å². The van der Waals surface area contributed by atoms with E-state index >= 15 is 0 Å². The molecule has 0 aromatic heterocycles. The van der Waals surface area contributed by atoms with Crippen LogP contribution in [0.5, 0.6) is 0 Å². The van der Waals surface area contributed by atoms with Gasteiger partial charge < -0.3 is 24.3 Å². The van der Waals surface area contributed by atoms with Gasteiger partial charge in [-0.05, 0) is 59.4 Å². The molecule has 1 aliphatic carbocycles. The van der Waals surface area contributed by atoms with E-state index in [1.807, 2.05) is 0 Å². The molecule has 1 aromatic rings. The van der Waals surface area contributed by atoms with Crippen LogP contribution >= 0.6 is 0 Å². The predicted octanol–water partition coefficient (Wildman–Crippen LogP) is 4.86. The molecule has 0 heterocycles. The first-order valence-electron chi connectivity index (χ1n) is 13.6. The molecular weight excluding hydrogens is 512 g/mol. The van der Waals surface area contributed by atoms with Crippen molar-refractivity contribution < 1.29 is 42.1 Å². The lowest BCUT2D eigenvalue weighted by atomic mass is 9.75. The minimum Gasteiger partial charge on any atom is -0.466 e. The zero-order chi connectivity index (χ0) is 29.1. The van der Waals surface area contributed by atoms with Gasteiger partial charge in [0.05, 0.1) is 43.6 Å². The molecule has 0 unspecified atom stereocenters. The summed E-state index contributed by atoms with van der Waals surface area (Å²) in [4.78, 5) is 39.1. The lowest BCUT2D eigenvalue weighted by Gasteiger charge is -2.34. The molecule has 1 aromatic carbocycles. The average Bonchev–Trinajstić information content (AvgIpc) is 3.32. The third kappa shape index (κ3) is 10.8. The van der Waals surface area contributed by atoms with Crippen LogP contribution in [0.25, 0.3) is 0 Å². The first-order chi connectivity index (χ1) is 18.4. The molecule has 2 rings (SSSR count). The van der Waals surface area contributed by atoms with Crippen LogP contribution in [-0.2, 0) is 39.9 Å². The van der Waals surface area contributed by atoms with Gasteiger partial charge in [-0.15, -0.1) is 0 Å². The van der Waals surface area contributed by atoms with E-state index in [1.165, 1.54) is 6.07 Å². The number of carbonyl (C=O) groups excluding carboxylic acids is 3. The lowest BCUT2D eigenvalue weighted by molar-refractivity contribution is -0.162. The van der Waals surface area contributed by atoms with Crippen molar-refractivity contribution in [2.24, 2.45) is 11.3 Å². The van der Waals surface area contributed by atoms with Crippen LogP contribution < -0.4 is 5.32 Å². The van der Waals surface area contributed by atoms with Gasteiger partial charge in [-0.1, -0.05) is 18.9 Å². The molecule has 10 heteroatoms. The molecule has 39 heavy (non-hydrogen) atoms. The van der Waals surface area contributed by atoms with Gasteiger partial charge in [0.15, 0.2) is 0 Å². The van der Waals surface area contributed by atoms with Crippen molar-refractivity contribution in [3.63, 3.8) is 0 Å². The summed E-state index contributed by atoms with van der Waals surface area (Å²) in [5, 5.41) is 2.95. The van der Waals surface area contributed by atoms with Crippen LogP contribution in [0, 0.1) is 23.0 Å². The van der Waals surface area contributed by atoms with Gasteiger partial charge in [-0.25, -0.2) is 8.78 Å². The maximum atomic E-state index is 14.0. The molecule has 1 amide bonds. The smallest absolute Gasteiger partial charge is 0.309 e. The summed E-state index contributed by atoms with van der Waals surface area (Å²) in [5.41, 5.74) is -1.33. The molecule has 8 nitrogen and oxygen atoms in total. The topological polar surface area (TPSA) is 100 Å². The second-order valence-corrected chi connectivity index (χ2v) is 11.1. The van der Waals surface area contributed by atoms with Crippen molar-refractivity contribution in [2.75, 3.05) is 26.9 Å². The summed E-state index contributed by atoms with van der Waals surface area (Å²) < 4.78 is 48.8. The summed E-state index contributed by atoms with van der Waals surface area (Å²) in [7, 11) is 1.56. The van der Waals surface area contributed by atoms with Crippen LogP contribution in [0.1, 0.15) is 78.2 Å². The fraction of sp³-hybridized carbons (Fsp3) is 0.690. The molecule has 1 fully saturated rings. The number of benzene rings is 1. The number of hydrogen-bond donors (Lipinski definition) is 1. The number of hydrogen-bond acceptors (Lipinski definition) is 7. The van der Waals surface area contributed by atoms with E-state index in [0.717, 1.165) is 25.0 Å². The Balaban J connectivity index is 2.17. The summed E-state index contributed by atoms with van der Waals surface area (Å²) in [6.07, 6.45) is 3.44. The Labute approximate surface area is 230 Å². The average molecular weight is 556 g/mol. The van der Waals surface area contributed by atoms with E-state index in [1.54, 1.807) is 34.8 Å². The fourth-order valence-corrected chi connectivity index (χ4v) is 4.86. The standard InChI is InChI=1S/C29H43F2NO7/c1-6-38-25(33)16-23(19-37-18-21-9-10-22(30)15-24(21)31)32-27(35)29(12-7-8-13-29)17-20(11-14-36-5)26(34)39-28(2,3)4/h9-10,15,20,23H,6-8,11-14,16-19H2,1-5H3,(H,32,35)/t20-,23+/m1/s1. The number of rotatable bonds is 15. The predicted molar refractivity (Wildman–Crippen MR) is 141 cm³/mol. The SMILES string of the molecule is CCOC(=O)C[C@@H](COCc1ccc(F)cc1F)NC(=O)C1(C[C@@H](CCOC)C(=O)OC(C)(C)C)CCCC1. The van der Waals surface area contributed by atoms with Crippen molar-refractivity contribution in [3.8, 4) is 0 Å². The van der Waals surface area contributed by atoms with Crippen molar-refractivity contribution in [1.82, 2.24) is 5.32 Å². The highest BCUT2D eigenvalue weighted by Crippen LogP contribution is 2.44. The lowest BCUT2D eigenvalue weighted by Crippen LogP contribution is -2.48. The highest BCUT2D eigenvalue weighted by molar-refractivity contribution is 5.85. The number of nitrogens with one attached hydrogen (secondary N) is 1. The summed E-state index contributed by atoms with van der Waals surface area (Å²) in [6, 6.07) is 2.45. The molecule has 1 saturated carbocycles. The summed E-state index contributed by atoms with van der Waals surface area (Å²) >= 11 is 0. The number of amides is 1. The fourth-order valence-electron chi connectivity index (χ4n) is 4.86. The van der Waals surface area contributed by atoms with Crippen LogP contribution in [0.3, 0.4) is 0 Å². The number of ether oxygens (including phenoxy) is 4. The van der Waals surface area contributed by atoms with Gasteiger partial charge in [0.1, 0.15) is 17.2 Å². The Bertz CT molecular complexity index is 957. The zero-order valence-corrected chi connectivity index (χ0v) is 23.8. The van der Waals surface area contributed by atoms with Gasteiger partial charge in [-0.3, -0.25) is 14.4 Å². The van der Waals surface area contributed by atoms with E-state index < -0.39 is 40.6 Å². The quantitative estimate of drug-likeness (QED) is 0.309. The summed E-state index contributed by atoms with van der Waals surface area (Å²) in [5.74, 6) is -3.11. The molecule has 1 N–H and O–H groups in total. The van der Waals surface area contributed by atoms with Gasteiger partial charge in [0.25, 0.3) is 0 Å². The third-order valence-electron chi connectivity index (χ3n) is 6.74. The Morgan fingerprint density at radius 1 is 1.13 bits per heavy atom. The zero-order valence-electron chi connectivity index (χ0n) is 23.8. The van der Waals surface area contributed by atoms with E-state index in [0.29, 0.717) is 32.3 Å². The second kappa shape index (κ2) is 15.3. The Morgan fingerprint density at radius 2 is 1.82 bits per heavy atom. The molecule has 0 radical (unpaired) electrons. The van der Waals surface area contributed by atoms with Crippen molar-refractivity contribution in [1.29, 1.82) is 0 Å². The van der Waals surface area contributed by atoms with E-state index in [4.69, 9.17) is 18.9 Å². The molecule has 1 aliphatic rings. The third-order valence-corrected chi connectivity index (χ3v) is 6.74. The van der Waals surface area contributed by atoms with E-state index in [2.05, 4.69) is 5.32 Å². The van der Waals surface area contributed by atoms with Gasteiger partial charge >= 0.3 is 11.9 Å². The summed E-state index contributed by atoms with van der Waals surface area (Å²) in [6.45, 7) is 7.36. The van der Waals surface area contributed by atoms with Crippen LogP contribution in [0.2, 0.25) is 0 Å². The Kier molecular flexibility index (Phi) is 12.8. The Hall–Kier alpha value is -2.59. The van der Waals surface area contributed by atoms with E-state index in [-0.39, 0.29) is 43.7 Å². The molecular formula is C29H43F2NO7. The number of carbonyl (C=O) groups is 3. The molecule has 0 spiro atoms. The first kappa shape index (κ1) is 32.6. The normalized spacial score (nSPS) is 16.4. The van der Waals surface area contributed by atoms with Gasteiger partial charge in [0.2, 0.25) is 5.91 Å². The maximum absolute atomic E-state index is 14.0. The van der Waals surface area contributed by atoms with Crippen molar-refractivity contribution in [3.05, 3.63) is 35.4 Å². The second-order valence-electron chi connectivity index (χ2n) is 11.1. The molecule has 0 aliphatic heterocycles. The minimum absolute atomic E-state index is 0.0867. The minimum atomic E-state index is -0.814. The molecule has 220 valence electrons. The van der Waals surface area contributed by atoms with Crippen molar-refractivity contribution >= 4 is 17.8 Å². The van der Waals surface area contributed by atoms with E-state index in [9.17, 15) is 23.2 Å². The van der Waals surface area contributed by atoms with Crippen LogP contribution in [0.15, 0.2) is 18.2 Å². The number of methoxy groups -OCH3 is 1. The largest absolute Gasteiger partial charge is 0.466 e. The number of halogens is 2. The first-order valence-corrected chi connectivity index (χ1v) is 13.6. The molecule has 2 atom stereocenters. The number of esters is 2. The molecule has 0 bridgehead atoms. The monoisotopic (exact) mass is 555 g/mol.